The van der Waals surface area contributed by atoms with Gasteiger partial charge in [-0.3, -0.25) is 0 Å². The van der Waals surface area contributed by atoms with Gasteiger partial charge in [-0.05, 0) is 30.7 Å². The molecule has 0 radical (unpaired) electrons. The second-order valence-electron chi connectivity index (χ2n) is 3.74. The minimum Gasteiger partial charge on any atom is -0.387 e. The number of hydrogen-bond acceptors (Lipinski definition) is 3. The molecular formula is C12H11Cl2NOS. The first-order valence-corrected chi connectivity index (χ1v) is 6.68. The van der Waals surface area contributed by atoms with Gasteiger partial charge in [0.2, 0.25) is 0 Å². The van der Waals surface area contributed by atoms with Gasteiger partial charge in [0.15, 0.2) is 0 Å². The average molecular weight is 288 g/mol. The number of benzene rings is 1. The molecule has 0 saturated heterocycles. The molecule has 0 bridgehead atoms. The third kappa shape index (κ3) is 3.19. The summed E-state index contributed by atoms with van der Waals surface area (Å²) in [6.07, 6.45) is 1.56. The molecule has 0 saturated carbocycles. The smallest absolute Gasteiger partial charge is 0.0938 e. The van der Waals surface area contributed by atoms with Crippen molar-refractivity contribution in [2.24, 2.45) is 0 Å². The van der Waals surface area contributed by atoms with Crippen LogP contribution in [-0.2, 0) is 6.42 Å². The lowest BCUT2D eigenvalue weighted by molar-refractivity contribution is 0.182. The zero-order valence-corrected chi connectivity index (χ0v) is 11.5. The van der Waals surface area contributed by atoms with Crippen LogP contribution >= 0.6 is 34.5 Å². The molecule has 5 heteroatoms. The highest BCUT2D eigenvalue weighted by atomic mass is 35.5. The highest BCUT2D eigenvalue weighted by molar-refractivity contribution is 7.11. The normalized spacial score (nSPS) is 12.7. The summed E-state index contributed by atoms with van der Waals surface area (Å²) in [5.41, 5.74) is 0.845. The quantitative estimate of drug-likeness (QED) is 0.924. The molecular weight excluding hydrogens is 277 g/mol. The summed E-state index contributed by atoms with van der Waals surface area (Å²) in [4.78, 5) is 4.96. The maximum atomic E-state index is 10.1. The van der Waals surface area contributed by atoms with Crippen LogP contribution in [0.4, 0.5) is 0 Å². The van der Waals surface area contributed by atoms with Gasteiger partial charge in [-0.25, -0.2) is 4.98 Å². The molecule has 17 heavy (non-hydrogen) atoms. The van der Waals surface area contributed by atoms with E-state index >= 15 is 0 Å². The fourth-order valence-electron chi connectivity index (χ4n) is 1.54. The number of aromatic nitrogens is 1. The lowest BCUT2D eigenvalue weighted by Crippen LogP contribution is -2.00. The van der Waals surface area contributed by atoms with Crippen molar-refractivity contribution in [3.05, 3.63) is 49.9 Å². The van der Waals surface area contributed by atoms with Crippen LogP contribution in [-0.4, -0.2) is 10.1 Å². The molecule has 1 unspecified atom stereocenters. The number of hydrogen-bond donors (Lipinski definition) is 1. The molecule has 0 amide bonds. The molecule has 0 aliphatic heterocycles. The van der Waals surface area contributed by atoms with Crippen LogP contribution in [0, 0.1) is 6.92 Å². The molecule has 1 aromatic heterocycles. The van der Waals surface area contributed by atoms with Crippen LogP contribution in [0.5, 0.6) is 0 Å². The standard InChI is InChI=1S/C12H11Cl2NOS/c1-7-15-6-12(17-7)11(16)5-8-4-9(13)2-3-10(8)14/h2-4,6,11,16H,5H2,1H3. The molecule has 0 fully saturated rings. The van der Waals surface area contributed by atoms with Gasteiger partial charge in [-0.2, -0.15) is 0 Å². The summed E-state index contributed by atoms with van der Waals surface area (Å²) in [5.74, 6) is 0. The van der Waals surface area contributed by atoms with E-state index < -0.39 is 6.10 Å². The molecule has 1 N–H and O–H groups in total. The number of aryl methyl sites for hydroxylation is 1. The molecule has 2 aromatic rings. The van der Waals surface area contributed by atoms with Gasteiger partial charge < -0.3 is 5.11 Å². The molecule has 2 rings (SSSR count). The Morgan fingerprint density at radius 1 is 1.41 bits per heavy atom. The van der Waals surface area contributed by atoms with Crippen molar-refractivity contribution >= 4 is 34.5 Å². The van der Waals surface area contributed by atoms with Crippen molar-refractivity contribution in [1.82, 2.24) is 4.98 Å². The second kappa shape index (κ2) is 5.36. The number of aliphatic hydroxyl groups excluding tert-OH is 1. The van der Waals surface area contributed by atoms with E-state index in [9.17, 15) is 5.11 Å². The topological polar surface area (TPSA) is 33.1 Å². The van der Waals surface area contributed by atoms with Crippen LogP contribution in [0.25, 0.3) is 0 Å². The molecule has 0 spiro atoms. The third-order valence-electron chi connectivity index (χ3n) is 2.39. The zero-order valence-electron chi connectivity index (χ0n) is 9.15. The largest absolute Gasteiger partial charge is 0.387 e. The Labute approximate surface area is 114 Å². The molecule has 2 nitrogen and oxygen atoms in total. The summed E-state index contributed by atoms with van der Waals surface area (Å²) in [6.45, 7) is 1.91. The van der Waals surface area contributed by atoms with Gasteiger partial charge in [0.1, 0.15) is 0 Å². The van der Waals surface area contributed by atoms with Gasteiger partial charge in [-0.15, -0.1) is 11.3 Å². The predicted molar refractivity (Wildman–Crippen MR) is 72.0 cm³/mol. The SMILES string of the molecule is Cc1ncc(C(O)Cc2cc(Cl)ccc2Cl)s1. The second-order valence-corrected chi connectivity index (χ2v) is 5.85. The Kier molecular flexibility index (Phi) is 4.05. The van der Waals surface area contributed by atoms with E-state index in [0.29, 0.717) is 16.5 Å². The fourth-order valence-corrected chi connectivity index (χ4v) is 2.70. The van der Waals surface area contributed by atoms with Crippen LogP contribution in [0.2, 0.25) is 10.0 Å². The van der Waals surface area contributed by atoms with E-state index in [1.54, 1.807) is 24.4 Å². The summed E-state index contributed by atoms with van der Waals surface area (Å²) in [7, 11) is 0. The summed E-state index contributed by atoms with van der Waals surface area (Å²) < 4.78 is 0. The number of thiazole rings is 1. The third-order valence-corrected chi connectivity index (χ3v) is 4.01. The Hall–Kier alpha value is -0.610. The van der Waals surface area contributed by atoms with Crippen LogP contribution in [0.3, 0.4) is 0 Å². The summed E-state index contributed by atoms with van der Waals surface area (Å²) >= 11 is 13.4. The Balaban J connectivity index is 2.18. The van der Waals surface area contributed by atoms with Gasteiger partial charge >= 0.3 is 0 Å². The van der Waals surface area contributed by atoms with E-state index in [4.69, 9.17) is 23.2 Å². The summed E-state index contributed by atoms with van der Waals surface area (Å²) in [5, 5.41) is 12.3. The lowest BCUT2D eigenvalue weighted by Gasteiger charge is -2.09. The molecule has 90 valence electrons. The highest BCUT2D eigenvalue weighted by Crippen LogP contribution is 2.28. The van der Waals surface area contributed by atoms with E-state index in [1.807, 2.05) is 6.92 Å². The highest BCUT2D eigenvalue weighted by Gasteiger charge is 2.13. The van der Waals surface area contributed by atoms with E-state index in [2.05, 4.69) is 4.98 Å². The minimum atomic E-state index is -0.586. The van der Waals surface area contributed by atoms with Crippen LogP contribution in [0.1, 0.15) is 21.6 Å². The lowest BCUT2D eigenvalue weighted by atomic mass is 10.1. The molecule has 0 aliphatic rings. The van der Waals surface area contributed by atoms with E-state index in [1.165, 1.54) is 11.3 Å². The Morgan fingerprint density at radius 3 is 2.82 bits per heavy atom. The van der Waals surface area contributed by atoms with Crippen molar-refractivity contribution < 1.29 is 5.11 Å². The maximum Gasteiger partial charge on any atom is 0.0938 e. The van der Waals surface area contributed by atoms with E-state index in [-0.39, 0.29) is 0 Å². The summed E-state index contributed by atoms with van der Waals surface area (Å²) in [6, 6.07) is 5.25. The van der Waals surface area contributed by atoms with Crippen molar-refractivity contribution in [3.8, 4) is 0 Å². The number of halogens is 2. The van der Waals surface area contributed by atoms with Crippen LogP contribution in [0.15, 0.2) is 24.4 Å². The zero-order chi connectivity index (χ0) is 12.4. The molecule has 1 aromatic carbocycles. The monoisotopic (exact) mass is 287 g/mol. The van der Waals surface area contributed by atoms with E-state index in [0.717, 1.165) is 15.4 Å². The Bertz CT molecular complexity index is 527. The Morgan fingerprint density at radius 2 is 2.18 bits per heavy atom. The first-order chi connectivity index (χ1) is 8.06. The first-order valence-electron chi connectivity index (χ1n) is 5.10. The maximum absolute atomic E-state index is 10.1. The van der Waals surface area contributed by atoms with Gasteiger partial charge in [0.25, 0.3) is 0 Å². The van der Waals surface area contributed by atoms with Crippen molar-refractivity contribution in [1.29, 1.82) is 0 Å². The first kappa shape index (κ1) is 12.8. The molecule has 1 heterocycles. The number of rotatable bonds is 3. The van der Waals surface area contributed by atoms with Crippen LogP contribution < -0.4 is 0 Å². The average Bonchev–Trinajstić information content (AvgIpc) is 2.70. The number of aliphatic hydroxyl groups is 1. The van der Waals surface area contributed by atoms with Gasteiger partial charge in [-0.1, -0.05) is 23.2 Å². The fraction of sp³-hybridized carbons (Fsp3) is 0.250. The number of nitrogens with zero attached hydrogens (tertiary/aromatic N) is 1. The minimum absolute atomic E-state index is 0.445. The predicted octanol–water partition coefficient (Wildman–Crippen LogP) is 4.03. The van der Waals surface area contributed by atoms with Crippen molar-refractivity contribution in [2.45, 2.75) is 19.4 Å². The molecule has 0 aliphatic carbocycles. The van der Waals surface area contributed by atoms with Gasteiger partial charge in [0.05, 0.1) is 16.0 Å². The van der Waals surface area contributed by atoms with Crippen molar-refractivity contribution in [3.63, 3.8) is 0 Å². The molecule has 1 atom stereocenters. The van der Waals surface area contributed by atoms with Gasteiger partial charge in [0, 0.05) is 22.7 Å². The van der Waals surface area contributed by atoms with Crippen molar-refractivity contribution in [2.75, 3.05) is 0 Å².